The highest BCUT2D eigenvalue weighted by Crippen LogP contribution is 2.31. The number of nitrogens with zero attached hydrogens (tertiary/aromatic N) is 1. The largest absolute Gasteiger partial charge is 0.361 e. The molecule has 1 heterocycles. The molecule has 0 aliphatic carbocycles. The second kappa shape index (κ2) is 6.18. The van der Waals surface area contributed by atoms with Crippen molar-refractivity contribution in [3.63, 3.8) is 0 Å². The van der Waals surface area contributed by atoms with Gasteiger partial charge in [0, 0.05) is 31.8 Å². The van der Waals surface area contributed by atoms with E-state index in [0.29, 0.717) is 24.2 Å². The molecule has 0 aliphatic heterocycles. The Hall–Kier alpha value is -0.723. The standard InChI is InChI=1S/C15H20BrF2NOSi/c1-10-7-11-13(8-12(17)15(18)14(11)16)19(10)9-20-5-6-21(2,3)4/h7-8H,5-6,9H2,1-4H3. The van der Waals surface area contributed by atoms with Crippen molar-refractivity contribution in [2.24, 2.45) is 0 Å². The number of halogens is 3. The van der Waals surface area contributed by atoms with Crippen LogP contribution in [0.5, 0.6) is 0 Å². The molecule has 0 atom stereocenters. The molecule has 0 bridgehead atoms. The molecule has 0 amide bonds. The third-order valence-electron chi connectivity index (χ3n) is 3.46. The molecule has 2 aromatic rings. The van der Waals surface area contributed by atoms with E-state index < -0.39 is 19.7 Å². The predicted molar refractivity (Wildman–Crippen MR) is 88.4 cm³/mol. The van der Waals surface area contributed by atoms with Crippen molar-refractivity contribution in [1.29, 1.82) is 0 Å². The summed E-state index contributed by atoms with van der Waals surface area (Å²) in [7, 11) is -1.12. The number of benzene rings is 1. The summed E-state index contributed by atoms with van der Waals surface area (Å²) in [6.07, 6.45) is 0. The van der Waals surface area contributed by atoms with Gasteiger partial charge in [0.1, 0.15) is 6.73 Å². The second-order valence-corrected chi connectivity index (χ2v) is 12.9. The maximum Gasteiger partial charge on any atom is 0.173 e. The summed E-state index contributed by atoms with van der Waals surface area (Å²) in [5.41, 5.74) is 1.56. The number of hydrogen-bond donors (Lipinski definition) is 0. The van der Waals surface area contributed by atoms with Crippen LogP contribution in [0.15, 0.2) is 16.6 Å². The Balaban J connectivity index is 2.22. The van der Waals surface area contributed by atoms with Gasteiger partial charge in [-0.05, 0) is 35.0 Å². The molecule has 0 radical (unpaired) electrons. The van der Waals surface area contributed by atoms with E-state index in [4.69, 9.17) is 4.74 Å². The van der Waals surface area contributed by atoms with Gasteiger partial charge in [0.25, 0.3) is 0 Å². The van der Waals surface area contributed by atoms with E-state index in [0.717, 1.165) is 11.7 Å². The van der Waals surface area contributed by atoms with E-state index in [1.165, 1.54) is 6.07 Å². The van der Waals surface area contributed by atoms with E-state index in [9.17, 15) is 8.78 Å². The lowest BCUT2D eigenvalue weighted by atomic mass is 10.2. The maximum absolute atomic E-state index is 13.6. The molecule has 0 spiro atoms. The predicted octanol–water partition coefficient (Wildman–Crippen LogP) is 5.30. The van der Waals surface area contributed by atoms with Crippen LogP contribution >= 0.6 is 15.9 Å². The summed E-state index contributed by atoms with van der Waals surface area (Å²) in [6, 6.07) is 4.14. The van der Waals surface area contributed by atoms with Crippen LogP contribution in [0.25, 0.3) is 10.9 Å². The zero-order chi connectivity index (χ0) is 15.8. The van der Waals surface area contributed by atoms with Crippen LogP contribution in [0.3, 0.4) is 0 Å². The molecule has 0 unspecified atom stereocenters. The summed E-state index contributed by atoms with van der Waals surface area (Å²) in [5.74, 6) is -1.70. The van der Waals surface area contributed by atoms with Crippen LogP contribution in [-0.2, 0) is 11.5 Å². The van der Waals surface area contributed by atoms with Crippen LogP contribution in [-0.4, -0.2) is 19.2 Å². The van der Waals surface area contributed by atoms with Crippen LogP contribution in [0.2, 0.25) is 25.7 Å². The Labute approximate surface area is 133 Å². The molecule has 2 nitrogen and oxygen atoms in total. The molecule has 0 fully saturated rings. The zero-order valence-electron chi connectivity index (χ0n) is 12.8. The molecule has 0 N–H and O–H groups in total. The summed E-state index contributed by atoms with van der Waals surface area (Å²) in [4.78, 5) is 0. The van der Waals surface area contributed by atoms with Gasteiger partial charge in [-0.25, -0.2) is 8.78 Å². The van der Waals surface area contributed by atoms with Gasteiger partial charge in [-0.3, -0.25) is 0 Å². The molecule has 0 aliphatic rings. The van der Waals surface area contributed by atoms with Gasteiger partial charge < -0.3 is 9.30 Å². The average Bonchev–Trinajstić information content (AvgIpc) is 2.68. The van der Waals surface area contributed by atoms with E-state index in [1.807, 2.05) is 17.6 Å². The molecule has 0 saturated carbocycles. The first-order valence-corrected chi connectivity index (χ1v) is 11.4. The van der Waals surface area contributed by atoms with E-state index >= 15 is 0 Å². The minimum absolute atomic E-state index is 0.168. The molecule has 0 saturated heterocycles. The van der Waals surface area contributed by atoms with Crippen LogP contribution in [0.4, 0.5) is 8.78 Å². The lowest BCUT2D eigenvalue weighted by Crippen LogP contribution is -2.22. The summed E-state index contributed by atoms with van der Waals surface area (Å²) in [5, 5.41) is 0.667. The van der Waals surface area contributed by atoms with E-state index in [1.54, 1.807) is 0 Å². The summed E-state index contributed by atoms with van der Waals surface area (Å²) in [6.45, 7) is 9.84. The van der Waals surface area contributed by atoms with Gasteiger partial charge in [0.15, 0.2) is 11.6 Å². The van der Waals surface area contributed by atoms with Crippen LogP contribution in [0.1, 0.15) is 5.69 Å². The minimum Gasteiger partial charge on any atom is -0.361 e. The molecule has 6 heteroatoms. The van der Waals surface area contributed by atoms with Gasteiger partial charge >= 0.3 is 0 Å². The molecule has 21 heavy (non-hydrogen) atoms. The first-order chi connectivity index (χ1) is 9.70. The highest BCUT2D eigenvalue weighted by Gasteiger charge is 2.16. The number of aryl methyl sites for hydroxylation is 1. The van der Waals surface area contributed by atoms with Crippen molar-refractivity contribution in [2.75, 3.05) is 6.61 Å². The van der Waals surface area contributed by atoms with Crippen molar-refractivity contribution < 1.29 is 13.5 Å². The lowest BCUT2D eigenvalue weighted by Gasteiger charge is -2.16. The van der Waals surface area contributed by atoms with Crippen LogP contribution < -0.4 is 0 Å². The number of aromatic nitrogens is 1. The molecular weight excluding hydrogens is 356 g/mol. The van der Waals surface area contributed by atoms with Gasteiger partial charge in [0.2, 0.25) is 0 Å². The van der Waals surface area contributed by atoms with E-state index in [-0.39, 0.29) is 4.47 Å². The highest BCUT2D eigenvalue weighted by atomic mass is 79.9. The monoisotopic (exact) mass is 375 g/mol. The number of ether oxygens (including phenoxy) is 1. The fraction of sp³-hybridized carbons (Fsp3) is 0.467. The lowest BCUT2D eigenvalue weighted by molar-refractivity contribution is 0.0890. The van der Waals surface area contributed by atoms with Gasteiger partial charge in [-0.1, -0.05) is 19.6 Å². The fourth-order valence-corrected chi connectivity index (χ4v) is 3.40. The number of rotatable bonds is 5. The van der Waals surface area contributed by atoms with E-state index in [2.05, 4.69) is 35.6 Å². The zero-order valence-corrected chi connectivity index (χ0v) is 15.4. The smallest absolute Gasteiger partial charge is 0.173 e. The maximum atomic E-state index is 13.6. The fourth-order valence-electron chi connectivity index (χ4n) is 2.14. The summed E-state index contributed by atoms with van der Waals surface area (Å²) < 4.78 is 34.9. The van der Waals surface area contributed by atoms with Crippen molar-refractivity contribution >= 4 is 34.9 Å². The third-order valence-corrected chi connectivity index (χ3v) is 5.94. The van der Waals surface area contributed by atoms with Crippen molar-refractivity contribution in [2.45, 2.75) is 39.3 Å². The molecule has 2 rings (SSSR count). The molecule has 116 valence electrons. The van der Waals surface area contributed by atoms with Crippen molar-refractivity contribution in [3.05, 3.63) is 33.9 Å². The van der Waals surface area contributed by atoms with Gasteiger partial charge in [-0.15, -0.1) is 0 Å². The topological polar surface area (TPSA) is 14.2 Å². The molecule has 1 aromatic heterocycles. The Kier molecular flexibility index (Phi) is 4.90. The first kappa shape index (κ1) is 16.6. The summed E-state index contributed by atoms with van der Waals surface area (Å²) >= 11 is 3.12. The quantitative estimate of drug-likeness (QED) is 0.392. The van der Waals surface area contributed by atoms with Gasteiger partial charge in [-0.2, -0.15) is 0 Å². The van der Waals surface area contributed by atoms with Gasteiger partial charge in [0.05, 0.1) is 9.99 Å². The van der Waals surface area contributed by atoms with Crippen molar-refractivity contribution in [3.8, 4) is 0 Å². The highest BCUT2D eigenvalue weighted by molar-refractivity contribution is 9.10. The Morgan fingerprint density at radius 1 is 1.24 bits per heavy atom. The second-order valence-electron chi connectivity index (χ2n) is 6.48. The Morgan fingerprint density at radius 3 is 2.52 bits per heavy atom. The molecular formula is C15H20BrF2NOSi. The van der Waals surface area contributed by atoms with Crippen LogP contribution in [0, 0.1) is 18.6 Å². The molecule has 1 aromatic carbocycles. The third kappa shape index (κ3) is 3.73. The minimum atomic E-state index is -1.12. The number of hydrogen-bond acceptors (Lipinski definition) is 1. The normalized spacial score (nSPS) is 12.3. The van der Waals surface area contributed by atoms with Crippen molar-refractivity contribution in [1.82, 2.24) is 4.57 Å². The SMILES string of the molecule is Cc1cc2c(Br)c(F)c(F)cc2n1COCC[Si](C)(C)C. The Bertz CT molecular complexity index is 664. The first-order valence-electron chi connectivity index (χ1n) is 6.92. The number of fused-ring (bicyclic) bond motifs is 1. The average molecular weight is 376 g/mol. The Morgan fingerprint density at radius 2 is 1.90 bits per heavy atom.